The van der Waals surface area contributed by atoms with Crippen molar-refractivity contribution < 1.29 is 7.85 Å². The molecule has 1 nitrogen and oxygen atoms in total. The lowest BCUT2D eigenvalue weighted by Crippen LogP contribution is -1.87. The molecule has 0 aromatic heterocycles. The van der Waals surface area contributed by atoms with Crippen LogP contribution in [0.15, 0.2) is 0 Å². The van der Waals surface area contributed by atoms with Crippen molar-refractivity contribution in [2.45, 2.75) is 32.1 Å². The summed E-state index contributed by atoms with van der Waals surface area (Å²) < 4.78 is 15.4. The third-order valence-electron chi connectivity index (χ3n) is 3.89. The predicted octanol–water partition coefficient (Wildman–Crippen LogP) is 1.56. The van der Waals surface area contributed by atoms with E-state index in [0.29, 0.717) is 10.8 Å². The van der Waals surface area contributed by atoms with Crippen LogP contribution in [-0.2, 0) is 0 Å². The second-order valence-corrected chi connectivity index (χ2v) is 4.11. The van der Waals surface area contributed by atoms with Gasteiger partial charge in [-0.15, -0.1) is 0 Å². The van der Waals surface area contributed by atoms with Gasteiger partial charge in [0.2, 0.25) is 0 Å². The van der Waals surface area contributed by atoms with E-state index in [1.807, 2.05) is 0 Å². The molecule has 0 saturated heterocycles. The maximum absolute atomic E-state index is 8.95. The van der Waals surface area contributed by atoms with E-state index in [2.05, 4.69) is 0 Å². The molecule has 0 radical (unpaired) electrons. The summed E-state index contributed by atoms with van der Waals surface area (Å²) in [7, 11) is 0. The Bertz CT molecular complexity index is 223. The fraction of sp³-hybridized carbons (Fsp3) is 1.00. The van der Waals surface area contributed by atoms with E-state index in [9.17, 15) is 0 Å². The molecule has 3 aliphatic carbocycles. The SMILES string of the molecule is [2H]C([2H])(CO)C1C2(CC2)C12CC2. The van der Waals surface area contributed by atoms with Crippen molar-refractivity contribution in [2.75, 3.05) is 6.61 Å². The number of hydrogen-bond acceptors (Lipinski definition) is 1. The van der Waals surface area contributed by atoms with Gasteiger partial charge in [0.1, 0.15) is 0 Å². The van der Waals surface area contributed by atoms with Crippen LogP contribution in [0.25, 0.3) is 0 Å². The van der Waals surface area contributed by atoms with Crippen molar-refractivity contribution in [1.29, 1.82) is 0 Å². The van der Waals surface area contributed by atoms with Gasteiger partial charge in [0, 0.05) is 9.35 Å². The molecule has 10 heavy (non-hydrogen) atoms. The van der Waals surface area contributed by atoms with Gasteiger partial charge >= 0.3 is 0 Å². The predicted molar refractivity (Wildman–Crippen MR) is 38.5 cm³/mol. The maximum Gasteiger partial charge on any atom is 0.0434 e. The summed E-state index contributed by atoms with van der Waals surface area (Å²) in [4.78, 5) is 0. The zero-order valence-electron chi connectivity index (χ0n) is 8.06. The molecule has 1 heteroatoms. The molecule has 2 spiro atoms. The smallest absolute Gasteiger partial charge is 0.0434 e. The van der Waals surface area contributed by atoms with Crippen molar-refractivity contribution in [1.82, 2.24) is 0 Å². The first-order chi connectivity index (χ1) is 5.59. The van der Waals surface area contributed by atoms with E-state index in [4.69, 9.17) is 7.85 Å². The number of rotatable bonds is 2. The standard InChI is InChI=1S/C9H14O/c10-6-1-7-8(2-3-8)9(7)4-5-9/h7,10H,1-6H2/i1D2. The van der Waals surface area contributed by atoms with E-state index < -0.39 is 6.37 Å². The van der Waals surface area contributed by atoms with Crippen LogP contribution in [0.3, 0.4) is 0 Å². The van der Waals surface area contributed by atoms with Crippen LogP contribution in [-0.4, -0.2) is 11.7 Å². The molecule has 0 aromatic carbocycles. The summed E-state index contributed by atoms with van der Waals surface area (Å²) >= 11 is 0. The number of aliphatic hydroxyl groups excluding tert-OH is 1. The lowest BCUT2D eigenvalue weighted by molar-refractivity contribution is 0.273. The molecule has 3 saturated carbocycles. The third kappa shape index (κ3) is 0.378. The molecular weight excluding hydrogens is 124 g/mol. The molecule has 3 aliphatic rings. The third-order valence-corrected chi connectivity index (χ3v) is 3.89. The van der Waals surface area contributed by atoms with Gasteiger partial charge in [0.15, 0.2) is 0 Å². The molecule has 0 atom stereocenters. The highest BCUT2D eigenvalue weighted by Crippen LogP contribution is 2.93. The highest BCUT2D eigenvalue weighted by Gasteiger charge is 2.85. The van der Waals surface area contributed by atoms with Crippen LogP contribution >= 0.6 is 0 Å². The van der Waals surface area contributed by atoms with Crippen LogP contribution in [0.1, 0.15) is 34.8 Å². The maximum atomic E-state index is 8.95. The second-order valence-electron chi connectivity index (χ2n) is 4.11. The van der Waals surface area contributed by atoms with Crippen molar-refractivity contribution >= 4 is 0 Å². The van der Waals surface area contributed by atoms with Gasteiger partial charge in [-0.25, -0.2) is 0 Å². The van der Waals surface area contributed by atoms with Crippen LogP contribution in [0.4, 0.5) is 0 Å². The van der Waals surface area contributed by atoms with E-state index >= 15 is 0 Å². The molecule has 1 N–H and O–H groups in total. The first-order valence-electron chi connectivity index (χ1n) is 5.20. The Balaban J connectivity index is 1.88. The second kappa shape index (κ2) is 1.29. The Kier molecular flexibility index (Phi) is 0.530. The minimum Gasteiger partial charge on any atom is -0.396 e. The summed E-state index contributed by atoms with van der Waals surface area (Å²) in [5.74, 6) is 0.197. The van der Waals surface area contributed by atoms with Gasteiger partial charge in [-0.2, -0.15) is 0 Å². The Morgan fingerprint density at radius 1 is 1.30 bits per heavy atom. The molecule has 0 amide bonds. The first-order valence-corrected chi connectivity index (χ1v) is 4.20. The molecule has 0 heterocycles. The van der Waals surface area contributed by atoms with E-state index in [1.165, 1.54) is 25.7 Å². The average Bonchev–Trinajstić information content (AvgIpc) is 2.83. The van der Waals surface area contributed by atoms with Crippen molar-refractivity contribution in [3.8, 4) is 0 Å². The van der Waals surface area contributed by atoms with Gasteiger partial charge in [-0.3, -0.25) is 0 Å². The monoisotopic (exact) mass is 140 g/mol. The van der Waals surface area contributed by atoms with Gasteiger partial charge in [0.25, 0.3) is 0 Å². The average molecular weight is 140 g/mol. The lowest BCUT2D eigenvalue weighted by Gasteiger charge is -1.89. The normalized spacial score (nSPS) is 46.7. The molecule has 56 valence electrons. The summed E-state index contributed by atoms with van der Waals surface area (Å²) in [6.07, 6.45) is 3.58. The summed E-state index contributed by atoms with van der Waals surface area (Å²) in [5.41, 5.74) is 0.748. The molecule has 0 aromatic rings. The van der Waals surface area contributed by atoms with Crippen LogP contribution in [0.5, 0.6) is 0 Å². The van der Waals surface area contributed by atoms with Crippen molar-refractivity contribution in [3.05, 3.63) is 0 Å². The number of hydrogen-bond donors (Lipinski definition) is 1. The summed E-state index contributed by atoms with van der Waals surface area (Å²) in [5, 5.41) is 8.95. The lowest BCUT2D eigenvalue weighted by atomic mass is 10.2. The summed E-state index contributed by atoms with van der Waals surface area (Å²) in [6.45, 7) is -0.291. The Morgan fingerprint density at radius 3 is 2.10 bits per heavy atom. The van der Waals surface area contributed by atoms with Crippen molar-refractivity contribution in [3.63, 3.8) is 0 Å². The highest BCUT2D eigenvalue weighted by atomic mass is 16.3. The highest BCUT2D eigenvalue weighted by molar-refractivity contribution is 5.34. The Labute approximate surface area is 64.2 Å². The van der Waals surface area contributed by atoms with E-state index in [-0.39, 0.29) is 12.5 Å². The number of fused-ring (bicyclic) bond motifs is 1. The quantitative estimate of drug-likeness (QED) is 0.617. The molecule has 0 unspecified atom stereocenters. The Morgan fingerprint density at radius 2 is 1.80 bits per heavy atom. The topological polar surface area (TPSA) is 20.2 Å². The number of aliphatic hydroxyl groups is 1. The van der Waals surface area contributed by atoms with Crippen molar-refractivity contribution in [2.24, 2.45) is 16.7 Å². The van der Waals surface area contributed by atoms with Crippen LogP contribution in [0.2, 0.25) is 0 Å². The fourth-order valence-electron chi connectivity index (χ4n) is 3.06. The van der Waals surface area contributed by atoms with Crippen LogP contribution < -0.4 is 0 Å². The molecule has 0 bridgehead atoms. The molecular formula is C9H14O. The zero-order valence-corrected chi connectivity index (χ0v) is 6.06. The first kappa shape index (κ1) is 4.10. The zero-order chi connectivity index (χ0) is 8.61. The molecule has 3 rings (SSSR count). The van der Waals surface area contributed by atoms with Gasteiger partial charge in [-0.05, 0) is 48.8 Å². The van der Waals surface area contributed by atoms with E-state index in [1.54, 1.807) is 0 Å². The minimum absolute atomic E-state index is 0.197. The molecule has 0 aliphatic heterocycles. The van der Waals surface area contributed by atoms with E-state index in [0.717, 1.165) is 0 Å². The minimum atomic E-state index is -1.30. The fourth-order valence-corrected chi connectivity index (χ4v) is 3.06. The Hall–Kier alpha value is -0.0400. The van der Waals surface area contributed by atoms with Gasteiger partial charge in [-0.1, -0.05) is 0 Å². The van der Waals surface area contributed by atoms with Gasteiger partial charge < -0.3 is 5.11 Å². The van der Waals surface area contributed by atoms with Gasteiger partial charge in [0.05, 0.1) is 0 Å². The molecule has 3 fully saturated rings. The largest absolute Gasteiger partial charge is 0.396 e. The summed E-state index contributed by atoms with van der Waals surface area (Å²) in [6, 6.07) is 0. The van der Waals surface area contributed by atoms with Crippen LogP contribution in [0, 0.1) is 16.7 Å².